The second-order valence-corrected chi connectivity index (χ2v) is 4.69. The molecular formula is C14H10FNOS. The molecule has 0 spiro atoms. The van der Waals surface area contributed by atoms with E-state index >= 15 is 0 Å². The molecule has 0 bridgehead atoms. The van der Waals surface area contributed by atoms with Crippen molar-refractivity contribution >= 4 is 17.1 Å². The van der Waals surface area contributed by atoms with Crippen molar-refractivity contribution in [3.8, 4) is 6.07 Å². The van der Waals surface area contributed by atoms with Crippen LogP contribution in [0.1, 0.15) is 27.4 Å². The number of carbonyl (C=O) groups excluding carboxylic acids is 1. The Morgan fingerprint density at radius 1 is 1.33 bits per heavy atom. The molecule has 0 fully saturated rings. The Kier molecular flexibility index (Phi) is 3.54. The molecule has 0 saturated heterocycles. The van der Waals surface area contributed by atoms with Gasteiger partial charge in [0.05, 0.1) is 6.07 Å². The van der Waals surface area contributed by atoms with Crippen molar-refractivity contribution in [2.45, 2.75) is 12.8 Å². The van der Waals surface area contributed by atoms with Crippen LogP contribution in [0.4, 0.5) is 4.39 Å². The quantitative estimate of drug-likeness (QED) is 0.789. The van der Waals surface area contributed by atoms with Gasteiger partial charge in [0.15, 0.2) is 5.78 Å². The van der Waals surface area contributed by atoms with Gasteiger partial charge in [-0.05, 0) is 35.6 Å². The van der Waals surface area contributed by atoms with Gasteiger partial charge in [0.1, 0.15) is 11.7 Å². The van der Waals surface area contributed by atoms with Crippen molar-refractivity contribution < 1.29 is 9.18 Å². The Hall–Kier alpha value is -1.99. The van der Waals surface area contributed by atoms with Crippen LogP contribution >= 0.6 is 11.3 Å². The first-order valence-electron chi connectivity index (χ1n) is 5.35. The summed E-state index contributed by atoms with van der Waals surface area (Å²) in [5.41, 5.74) is 1.96. The van der Waals surface area contributed by atoms with Gasteiger partial charge in [-0.1, -0.05) is 12.1 Å². The largest absolute Gasteiger partial charge is 0.292 e. The summed E-state index contributed by atoms with van der Waals surface area (Å²) in [6.07, 6.45) is 0. The Morgan fingerprint density at radius 3 is 2.50 bits per heavy atom. The van der Waals surface area contributed by atoms with Crippen molar-refractivity contribution in [3.05, 3.63) is 57.5 Å². The maximum absolute atomic E-state index is 12.8. The first kappa shape index (κ1) is 12.5. The molecule has 0 amide bonds. The number of benzene rings is 1. The first-order chi connectivity index (χ1) is 8.63. The third-order valence-electron chi connectivity index (χ3n) is 2.72. The molecule has 2 nitrogen and oxygen atoms in total. The Morgan fingerprint density at radius 2 is 2.00 bits per heavy atom. The number of thiophene rings is 1. The fourth-order valence-electron chi connectivity index (χ4n) is 1.71. The molecule has 1 unspecified atom stereocenters. The molecule has 1 heterocycles. The maximum atomic E-state index is 12.8. The lowest BCUT2D eigenvalue weighted by molar-refractivity contribution is 0.0978. The van der Waals surface area contributed by atoms with Crippen LogP contribution in [0.2, 0.25) is 0 Å². The summed E-state index contributed by atoms with van der Waals surface area (Å²) in [5, 5.41) is 12.8. The van der Waals surface area contributed by atoms with E-state index in [2.05, 4.69) is 0 Å². The molecule has 2 aromatic rings. The molecule has 0 aliphatic carbocycles. The minimum absolute atomic E-state index is 0.233. The highest BCUT2D eigenvalue weighted by molar-refractivity contribution is 7.08. The van der Waals surface area contributed by atoms with Gasteiger partial charge in [0.2, 0.25) is 0 Å². The fraction of sp³-hybridized carbons (Fsp3) is 0.143. The van der Waals surface area contributed by atoms with E-state index in [1.54, 1.807) is 5.38 Å². The molecule has 1 atom stereocenters. The van der Waals surface area contributed by atoms with Gasteiger partial charge in [-0.2, -0.15) is 16.6 Å². The zero-order chi connectivity index (χ0) is 13.1. The zero-order valence-corrected chi connectivity index (χ0v) is 10.5. The number of halogens is 1. The van der Waals surface area contributed by atoms with Crippen molar-refractivity contribution in [1.82, 2.24) is 0 Å². The molecule has 0 saturated carbocycles. The lowest BCUT2D eigenvalue weighted by Gasteiger charge is -2.08. The summed E-state index contributed by atoms with van der Waals surface area (Å²) in [5.74, 6) is -1.49. The topological polar surface area (TPSA) is 40.9 Å². The number of rotatable bonds is 3. The molecular weight excluding hydrogens is 249 g/mol. The SMILES string of the molecule is Cc1cscc1C(=O)C(C#N)c1ccc(F)cc1. The summed E-state index contributed by atoms with van der Waals surface area (Å²) >= 11 is 1.43. The van der Waals surface area contributed by atoms with Gasteiger partial charge in [-0.15, -0.1) is 0 Å². The third kappa shape index (κ3) is 2.31. The monoisotopic (exact) mass is 259 g/mol. The predicted molar refractivity (Wildman–Crippen MR) is 68.1 cm³/mol. The normalized spacial score (nSPS) is 11.8. The first-order valence-corrected chi connectivity index (χ1v) is 6.30. The van der Waals surface area contributed by atoms with Crippen molar-refractivity contribution in [2.75, 3.05) is 0 Å². The molecule has 18 heavy (non-hydrogen) atoms. The number of carbonyl (C=O) groups is 1. The molecule has 0 aliphatic heterocycles. The smallest absolute Gasteiger partial charge is 0.185 e. The van der Waals surface area contributed by atoms with Crippen LogP contribution in [0.15, 0.2) is 35.0 Å². The van der Waals surface area contributed by atoms with Crippen LogP contribution in [-0.2, 0) is 0 Å². The highest BCUT2D eigenvalue weighted by Crippen LogP contribution is 2.24. The second-order valence-electron chi connectivity index (χ2n) is 3.95. The molecule has 2 rings (SSSR count). The van der Waals surface area contributed by atoms with Gasteiger partial charge < -0.3 is 0 Å². The van der Waals surface area contributed by atoms with Gasteiger partial charge in [-0.3, -0.25) is 4.79 Å². The number of nitriles is 1. The van der Waals surface area contributed by atoms with Crippen LogP contribution in [0, 0.1) is 24.1 Å². The Bertz CT molecular complexity index is 609. The van der Waals surface area contributed by atoms with Crippen LogP contribution in [-0.4, -0.2) is 5.78 Å². The van der Waals surface area contributed by atoms with E-state index in [9.17, 15) is 9.18 Å². The average molecular weight is 259 g/mol. The van der Waals surface area contributed by atoms with Gasteiger partial charge >= 0.3 is 0 Å². The molecule has 0 radical (unpaired) electrons. The van der Waals surface area contributed by atoms with Gasteiger partial charge in [0.25, 0.3) is 0 Å². The van der Waals surface area contributed by atoms with E-state index in [1.807, 2.05) is 18.4 Å². The number of hydrogen-bond donors (Lipinski definition) is 0. The Balaban J connectivity index is 2.36. The summed E-state index contributed by atoms with van der Waals surface area (Å²) in [7, 11) is 0. The summed E-state index contributed by atoms with van der Waals surface area (Å²) in [4.78, 5) is 12.2. The van der Waals surface area contributed by atoms with Crippen LogP contribution in [0.3, 0.4) is 0 Å². The number of Topliss-reactive ketones (excluding diaryl/α,β-unsaturated/α-hetero) is 1. The molecule has 1 aromatic heterocycles. The van der Waals surface area contributed by atoms with E-state index < -0.39 is 5.92 Å². The highest BCUT2D eigenvalue weighted by atomic mass is 32.1. The molecule has 1 aromatic carbocycles. The summed E-state index contributed by atoms with van der Waals surface area (Å²) < 4.78 is 12.8. The Labute approximate surface area is 108 Å². The van der Waals surface area contributed by atoms with Gasteiger partial charge in [-0.25, -0.2) is 4.39 Å². The number of ketones is 1. The van der Waals surface area contributed by atoms with E-state index in [0.29, 0.717) is 11.1 Å². The maximum Gasteiger partial charge on any atom is 0.185 e. The number of aryl methyl sites for hydroxylation is 1. The minimum atomic E-state index is -0.876. The highest BCUT2D eigenvalue weighted by Gasteiger charge is 2.23. The zero-order valence-electron chi connectivity index (χ0n) is 9.68. The fourth-order valence-corrected chi connectivity index (χ4v) is 2.55. The molecule has 90 valence electrons. The minimum Gasteiger partial charge on any atom is -0.292 e. The van der Waals surface area contributed by atoms with Crippen molar-refractivity contribution in [3.63, 3.8) is 0 Å². The number of hydrogen-bond acceptors (Lipinski definition) is 3. The van der Waals surface area contributed by atoms with Crippen molar-refractivity contribution in [1.29, 1.82) is 5.26 Å². The predicted octanol–water partition coefficient (Wildman–Crippen LogP) is 3.69. The van der Waals surface area contributed by atoms with Crippen LogP contribution in [0.25, 0.3) is 0 Å². The summed E-state index contributed by atoms with van der Waals surface area (Å²) in [6.45, 7) is 1.84. The van der Waals surface area contributed by atoms with E-state index in [0.717, 1.165) is 5.56 Å². The van der Waals surface area contributed by atoms with Gasteiger partial charge in [0, 0.05) is 10.9 Å². The second kappa shape index (κ2) is 5.11. The third-order valence-corrected chi connectivity index (χ3v) is 3.58. The van der Waals surface area contributed by atoms with E-state index in [-0.39, 0.29) is 11.6 Å². The van der Waals surface area contributed by atoms with Crippen molar-refractivity contribution in [2.24, 2.45) is 0 Å². The summed E-state index contributed by atoms with van der Waals surface area (Å²) in [6, 6.07) is 7.45. The molecule has 4 heteroatoms. The van der Waals surface area contributed by atoms with Crippen LogP contribution in [0.5, 0.6) is 0 Å². The standard InChI is InChI=1S/C14H10FNOS/c1-9-7-18-8-13(9)14(17)12(6-16)10-2-4-11(15)5-3-10/h2-5,7-8,12H,1H3. The molecule has 0 N–H and O–H groups in total. The van der Waals surface area contributed by atoms with E-state index in [1.165, 1.54) is 35.6 Å². The lowest BCUT2D eigenvalue weighted by atomic mass is 9.92. The average Bonchev–Trinajstić information content (AvgIpc) is 2.78. The van der Waals surface area contributed by atoms with E-state index in [4.69, 9.17) is 5.26 Å². The molecule has 0 aliphatic rings. The van der Waals surface area contributed by atoms with Crippen LogP contribution < -0.4 is 0 Å². The lowest BCUT2D eigenvalue weighted by Crippen LogP contribution is -2.11. The number of nitrogens with zero attached hydrogens (tertiary/aromatic N) is 1.